The first-order valence-corrected chi connectivity index (χ1v) is 8.53. The van der Waals surface area contributed by atoms with Gasteiger partial charge >= 0.3 is 0 Å². The predicted molar refractivity (Wildman–Crippen MR) is 82.3 cm³/mol. The van der Waals surface area contributed by atoms with Gasteiger partial charge in [0.2, 0.25) is 10.0 Å². The molecule has 0 aliphatic heterocycles. The average Bonchev–Trinajstić information content (AvgIpc) is 2.25. The molecule has 1 rings (SSSR count). The third kappa shape index (κ3) is 4.18. The number of carbonyl (C=O) groups is 1. The van der Waals surface area contributed by atoms with Gasteiger partial charge in [0.25, 0.3) is 5.91 Å². The van der Waals surface area contributed by atoms with Crippen LogP contribution in [0.2, 0.25) is 5.02 Å². The Morgan fingerprint density at radius 1 is 1.45 bits per heavy atom. The van der Waals surface area contributed by atoms with Crippen LogP contribution in [0, 0.1) is 5.92 Å². The SMILES string of the molecule is CC(C)CN(C)C(=O)c1cc(S(N)(=O)=O)c(Br)cc1Cl. The molecule has 20 heavy (non-hydrogen) atoms. The lowest BCUT2D eigenvalue weighted by atomic mass is 10.1. The van der Waals surface area contributed by atoms with E-state index in [1.54, 1.807) is 7.05 Å². The molecule has 5 nitrogen and oxygen atoms in total. The zero-order valence-corrected chi connectivity index (χ0v) is 14.5. The van der Waals surface area contributed by atoms with Gasteiger partial charge in [-0.05, 0) is 34.0 Å². The quantitative estimate of drug-likeness (QED) is 0.867. The lowest BCUT2D eigenvalue weighted by Gasteiger charge is -2.20. The van der Waals surface area contributed by atoms with E-state index in [4.69, 9.17) is 16.7 Å². The van der Waals surface area contributed by atoms with Crippen LogP contribution in [-0.4, -0.2) is 32.8 Å². The van der Waals surface area contributed by atoms with Gasteiger partial charge in [-0.1, -0.05) is 25.4 Å². The fourth-order valence-corrected chi connectivity index (χ4v) is 3.76. The highest BCUT2D eigenvalue weighted by molar-refractivity contribution is 9.10. The molecule has 2 N–H and O–H groups in total. The average molecular weight is 384 g/mol. The zero-order chi connectivity index (χ0) is 15.7. The molecule has 0 aliphatic carbocycles. The van der Waals surface area contributed by atoms with Crippen LogP contribution in [0.25, 0.3) is 0 Å². The predicted octanol–water partition coefficient (Wildman–Crippen LogP) is 2.48. The number of hydrogen-bond donors (Lipinski definition) is 1. The van der Waals surface area contributed by atoms with Crippen LogP contribution in [0.4, 0.5) is 0 Å². The van der Waals surface area contributed by atoms with Crippen molar-refractivity contribution in [2.75, 3.05) is 13.6 Å². The summed E-state index contributed by atoms with van der Waals surface area (Å²) in [5.41, 5.74) is 0.113. The summed E-state index contributed by atoms with van der Waals surface area (Å²) < 4.78 is 23.2. The van der Waals surface area contributed by atoms with Crippen LogP contribution < -0.4 is 5.14 Å². The fourth-order valence-electron chi connectivity index (χ4n) is 1.75. The van der Waals surface area contributed by atoms with Gasteiger partial charge in [-0.25, -0.2) is 13.6 Å². The van der Waals surface area contributed by atoms with Crippen LogP contribution in [0.15, 0.2) is 21.5 Å². The molecule has 0 heterocycles. The van der Waals surface area contributed by atoms with E-state index in [1.807, 2.05) is 13.8 Å². The highest BCUT2D eigenvalue weighted by Crippen LogP contribution is 2.29. The Morgan fingerprint density at radius 3 is 2.45 bits per heavy atom. The molecule has 1 aromatic rings. The molecule has 8 heteroatoms. The summed E-state index contributed by atoms with van der Waals surface area (Å²) in [6.45, 7) is 4.49. The van der Waals surface area contributed by atoms with Crippen molar-refractivity contribution in [1.82, 2.24) is 4.90 Å². The van der Waals surface area contributed by atoms with Crippen LogP contribution >= 0.6 is 27.5 Å². The van der Waals surface area contributed by atoms with Crippen LogP contribution in [0.5, 0.6) is 0 Å². The van der Waals surface area contributed by atoms with E-state index in [9.17, 15) is 13.2 Å². The molecule has 0 saturated heterocycles. The van der Waals surface area contributed by atoms with Gasteiger partial charge in [-0.15, -0.1) is 0 Å². The monoisotopic (exact) mass is 382 g/mol. The molecule has 1 aromatic carbocycles. The van der Waals surface area contributed by atoms with Crippen LogP contribution in [0.3, 0.4) is 0 Å². The van der Waals surface area contributed by atoms with E-state index in [0.717, 1.165) is 0 Å². The number of nitrogens with zero attached hydrogens (tertiary/aromatic N) is 1. The first-order valence-electron chi connectivity index (χ1n) is 5.81. The van der Waals surface area contributed by atoms with Gasteiger partial charge in [-0.3, -0.25) is 4.79 Å². The standard InChI is InChI=1S/C12H16BrClN2O3S/c1-7(2)6-16(3)12(17)8-4-11(20(15,18)19)9(13)5-10(8)14/h4-5,7H,6H2,1-3H3,(H2,15,18,19). The molecular formula is C12H16BrClN2O3S. The number of halogens is 2. The maximum Gasteiger partial charge on any atom is 0.255 e. The Balaban J connectivity index is 3.29. The van der Waals surface area contributed by atoms with E-state index in [1.165, 1.54) is 17.0 Å². The minimum atomic E-state index is -3.93. The molecule has 0 aromatic heterocycles. The summed E-state index contributed by atoms with van der Waals surface area (Å²) in [4.78, 5) is 13.6. The molecule has 0 saturated carbocycles. The van der Waals surface area contributed by atoms with Crippen molar-refractivity contribution in [3.63, 3.8) is 0 Å². The summed E-state index contributed by atoms with van der Waals surface area (Å²) in [5, 5.41) is 5.28. The van der Waals surface area contributed by atoms with Crippen molar-refractivity contribution in [3.05, 3.63) is 27.2 Å². The van der Waals surface area contributed by atoms with E-state index in [0.29, 0.717) is 6.54 Å². The number of amides is 1. The van der Waals surface area contributed by atoms with Gasteiger partial charge < -0.3 is 4.90 Å². The summed E-state index contributed by atoms with van der Waals surface area (Å²) in [6, 6.07) is 2.55. The van der Waals surface area contributed by atoms with Gasteiger partial charge in [0.15, 0.2) is 0 Å². The Hall–Kier alpha value is -0.630. The minimum Gasteiger partial charge on any atom is -0.341 e. The number of nitrogens with two attached hydrogens (primary N) is 1. The molecular weight excluding hydrogens is 368 g/mol. The smallest absolute Gasteiger partial charge is 0.255 e. The molecule has 0 fully saturated rings. The minimum absolute atomic E-state index is 0.113. The number of benzene rings is 1. The molecule has 0 spiro atoms. The van der Waals surface area contributed by atoms with Crippen molar-refractivity contribution < 1.29 is 13.2 Å². The molecule has 0 bridgehead atoms. The molecule has 112 valence electrons. The zero-order valence-electron chi connectivity index (χ0n) is 11.4. The Morgan fingerprint density at radius 2 is 2.00 bits per heavy atom. The van der Waals surface area contributed by atoms with Crippen molar-refractivity contribution in [3.8, 4) is 0 Å². The van der Waals surface area contributed by atoms with E-state index in [2.05, 4.69) is 15.9 Å². The van der Waals surface area contributed by atoms with Crippen LogP contribution in [-0.2, 0) is 10.0 Å². The molecule has 1 amide bonds. The van der Waals surface area contributed by atoms with Gasteiger partial charge in [0, 0.05) is 18.1 Å². The largest absolute Gasteiger partial charge is 0.341 e. The van der Waals surface area contributed by atoms with Crippen molar-refractivity contribution in [2.24, 2.45) is 11.1 Å². The molecule has 0 aliphatic rings. The topological polar surface area (TPSA) is 80.5 Å². The lowest BCUT2D eigenvalue weighted by Crippen LogP contribution is -2.30. The van der Waals surface area contributed by atoms with Gasteiger partial charge in [0.1, 0.15) is 0 Å². The van der Waals surface area contributed by atoms with Crippen molar-refractivity contribution in [2.45, 2.75) is 18.7 Å². The number of hydrogen-bond acceptors (Lipinski definition) is 3. The van der Waals surface area contributed by atoms with Gasteiger partial charge in [0.05, 0.1) is 15.5 Å². The summed E-state index contributed by atoms with van der Waals surface area (Å²) >= 11 is 9.09. The first-order chi connectivity index (χ1) is 9.04. The van der Waals surface area contributed by atoms with Crippen LogP contribution in [0.1, 0.15) is 24.2 Å². The fraction of sp³-hybridized carbons (Fsp3) is 0.417. The number of primary sulfonamides is 1. The molecule has 0 atom stereocenters. The van der Waals surface area contributed by atoms with Gasteiger partial charge in [-0.2, -0.15) is 0 Å². The first kappa shape index (κ1) is 17.4. The summed E-state index contributed by atoms with van der Waals surface area (Å²) in [5.74, 6) is -0.0583. The maximum absolute atomic E-state index is 12.3. The number of sulfonamides is 1. The second kappa shape index (κ2) is 6.43. The van der Waals surface area contributed by atoms with E-state index in [-0.39, 0.29) is 31.8 Å². The third-order valence-electron chi connectivity index (χ3n) is 2.54. The Labute approximate surface area is 132 Å². The van der Waals surface area contributed by atoms with E-state index < -0.39 is 10.0 Å². The number of carbonyl (C=O) groups excluding carboxylic acids is 1. The molecule has 0 radical (unpaired) electrons. The van der Waals surface area contributed by atoms with Crippen molar-refractivity contribution >= 4 is 43.5 Å². The Kier molecular flexibility index (Phi) is 5.60. The van der Waals surface area contributed by atoms with E-state index >= 15 is 0 Å². The maximum atomic E-state index is 12.3. The second-order valence-corrected chi connectivity index (χ2v) is 7.68. The lowest BCUT2D eigenvalue weighted by molar-refractivity contribution is 0.0779. The highest BCUT2D eigenvalue weighted by atomic mass is 79.9. The molecule has 0 unspecified atom stereocenters. The highest BCUT2D eigenvalue weighted by Gasteiger charge is 2.21. The Bertz CT molecular complexity index is 632. The summed E-state index contributed by atoms with van der Waals surface area (Å²) in [6.07, 6.45) is 0. The number of rotatable bonds is 4. The van der Waals surface area contributed by atoms with Crippen molar-refractivity contribution in [1.29, 1.82) is 0 Å². The second-order valence-electron chi connectivity index (χ2n) is 4.89. The third-order valence-corrected chi connectivity index (χ3v) is 4.73. The summed E-state index contributed by atoms with van der Waals surface area (Å²) in [7, 11) is -2.30. The normalized spacial score (nSPS) is 11.8.